The van der Waals surface area contributed by atoms with Gasteiger partial charge in [-0.15, -0.1) is 0 Å². The second-order valence-corrected chi connectivity index (χ2v) is 5.46. The highest BCUT2D eigenvalue weighted by Gasteiger charge is 2.16. The average Bonchev–Trinajstić information content (AvgIpc) is 2.53. The molecule has 3 heteroatoms. The molecule has 3 nitrogen and oxygen atoms in total. The molecule has 0 aromatic heterocycles. The fourth-order valence-corrected chi connectivity index (χ4v) is 2.57. The summed E-state index contributed by atoms with van der Waals surface area (Å²) in [6.45, 7) is 5.47. The number of unbranched alkanes of at least 4 members (excludes halogenated alkanes) is 3. The van der Waals surface area contributed by atoms with E-state index in [0.29, 0.717) is 6.04 Å². The molecule has 120 valence electrons. The Bertz CT molecular complexity index is 393. The maximum Gasteiger partial charge on any atom is 0.123 e. The molecule has 1 rings (SSSR count). The summed E-state index contributed by atoms with van der Waals surface area (Å²) in [6, 6.07) is 6.40. The van der Waals surface area contributed by atoms with E-state index >= 15 is 0 Å². The summed E-state index contributed by atoms with van der Waals surface area (Å²) in [6.07, 6.45) is 7.41. The first-order valence-corrected chi connectivity index (χ1v) is 8.22. The predicted molar refractivity (Wildman–Crippen MR) is 89.3 cm³/mol. The number of hydrogen-bond donors (Lipinski definition) is 1. The van der Waals surface area contributed by atoms with Crippen molar-refractivity contribution in [2.24, 2.45) is 0 Å². The number of rotatable bonds is 11. The number of benzene rings is 1. The standard InChI is InChI=1S/C18H31NO2/c1-5-7-8-9-10-17(19-13-6-2)16-14-15(20-3)11-12-18(16)21-4/h11-12,14,17,19H,5-10,13H2,1-4H3. The van der Waals surface area contributed by atoms with E-state index in [0.717, 1.165) is 30.9 Å². The number of hydrogen-bond acceptors (Lipinski definition) is 3. The maximum atomic E-state index is 5.54. The monoisotopic (exact) mass is 293 g/mol. The molecule has 0 saturated carbocycles. The van der Waals surface area contributed by atoms with Gasteiger partial charge in [-0.3, -0.25) is 0 Å². The Labute approximate surface area is 130 Å². The van der Waals surface area contributed by atoms with Crippen molar-refractivity contribution in [3.63, 3.8) is 0 Å². The molecule has 0 amide bonds. The van der Waals surface area contributed by atoms with Crippen LogP contribution in [-0.4, -0.2) is 20.8 Å². The van der Waals surface area contributed by atoms with E-state index in [4.69, 9.17) is 9.47 Å². The summed E-state index contributed by atoms with van der Waals surface area (Å²) in [7, 11) is 3.45. The summed E-state index contributed by atoms with van der Waals surface area (Å²) < 4.78 is 10.9. The first-order chi connectivity index (χ1) is 10.3. The lowest BCUT2D eigenvalue weighted by atomic mass is 9.98. The lowest BCUT2D eigenvalue weighted by Gasteiger charge is -2.22. The van der Waals surface area contributed by atoms with Gasteiger partial charge < -0.3 is 14.8 Å². The van der Waals surface area contributed by atoms with Crippen LogP contribution in [0, 0.1) is 0 Å². The lowest BCUT2D eigenvalue weighted by molar-refractivity contribution is 0.383. The summed E-state index contributed by atoms with van der Waals surface area (Å²) in [4.78, 5) is 0. The van der Waals surface area contributed by atoms with Crippen LogP contribution in [0.2, 0.25) is 0 Å². The van der Waals surface area contributed by atoms with Gasteiger partial charge in [0.25, 0.3) is 0 Å². The Morgan fingerprint density at radius 3 is 2.43 bits per heavy atom. The molecule has 0 saturated heterocycles. The molecule has 1 N–H and O–H groups in total. The third kappa shape index (κ3) is 5.96. The van der Waals surface area contributed by atoms with Gasteiger partial charge in [0.1, 0.15) is 11.5 Å². The predicted octanol–water partition coefficient (Wildman–Crippen LogP) is 4.71. The molecule has 0 aliphatic heterocycles. The van der Waals surface area contributed by atoms with Crippen LogP contribution in [0.15, 0.2) is 18.2 Å². The molecule has 1 atom stereocenters. The van der Waals surface area contributed by atoms with Gasteiger partial charge in [0, 0.05) is 11.6 Å². The fourth-order valence-electron chi connectivity index (χ4n) is 2.57. The van der Waals surface area contributed by atoms with Gasteiger partial charge in [0.2, 0.25) is 0 Å². The molecule has 1 aromatic rings. The Morgan fingerprint density at radius 1 is 1.00 bits per heavy atom. The molecule has 0 bridgehead atoms. The topological polar surface area (TPSA) is 30.5 Å². The first-order valence-electron chi connectivity index (χ1n) is 8.22. The molecule has 0 aliphatic rings. The summed E-state index contributed by atoms with van der Waals surface area (Å²) in [5.41, 5.74) is 1.21. The number of methoxy groups -OCH3 is 2. The highest BCUT2D eigenvalue weighted by Crippen LogP contribution is 2.32. The van der Waals surface area contributed by atoms with Crippen molar-refractivity contribution in [3.05, 3.63) is 23.8 Å². The Morgan fingerprint density at radius 2 is 1.81 bits per heavy atom. The van der Waals surface area contributed by atoms with Crippen LogP contribution in [0.25, 0.3) is 0 Å². The SMILES string of the molecule is CCCCCCC(NCCC)c1cc(OC)ccc1OC. The van der Waals surface area contributed by atoms with Gasteiger partial charge in [-0.1, -0.05) is 39.5 Å². The third-order valence-electron chi connectivity index (χ3n) is 3.80. The van der Waals surface area contributed by atoms with Crippen LogP contribution in [0.1, 0.15) is 64.0 Å². The fraction of sp³-hybridized carbons (Fsp3) is 0.667. The largest absolute Gasteiger partial charge is 0.497 e. The zero-order chi connectivity index (χ0) is 15.5. The van der Waals surface area contributed by atoms with E-state index in [1.165, 1.54) is 31.2 Å². The van der Waals surface area contributed by atoms with E-state index in [1.54, 1.807) is 14.2 Å². The van der Waals surface area contributed by atoms with Crippen LogP contribution in [0.5, 0.6) is 11.5 Å². The molecular weight excluding hydrogens is 262 g/mol. The summed E-state index contributed by atoms with van der Waals surface area (Å²) in [5, 5.41) is 3.65. The van der Waals surface area contributed by atoms with E-state index in [9.17, 15) is 0 Å². The van der Waals surface area contributed by atoms with Crippen molar-refractivity contribution in [1.29, 1.82) is 0 Å². The number of ether oxygens (including phenoxy) is 2. The third-order valence-corrected chi connectivity index (χ3v) is 3.80. The van der Waals surface area contributed by atoms with Gasteiger partial charge in [-0.2, -0.15) is 0 Å². The molecular formula is C18H31NO2. The molecule has 21 heavy (non-hydrogen) atoms. The summed E-state index contributed by atoms with van der Waals surface area (Å²) >= 11 is 0. The van der Waals surface area contributed by atoms with Crippen molar-refractivity contribution in [2.45, 2.75) is 58.4 Å². The second-order valence-electron chi connectivity index (χ2n) is 5.46. The van der Waals surface area contributed by atoms with E-state index in [2.05, 4.69) is 25.2 Å². The Balaban J connectivity index is 2.83. The highest BCUT2D eigenvalue weighted by molar-refractivity contribution is 5.42. The smallest absolute Gasteiger partial charge is 0.123 e. The molecule has 0 aliphatic carbocycles. The molecule has 0 spiro atoms. The second kappa shape index (κ2) is 10.5. The summed E-state index contributed by atoms with van der Waals surface area (Å²) in [5.74, 6) is 1.84. The number of nitrogens with one attached hydrogen (secondary N) is 1. The van der Waals surface area contributed by atoms with Crippen molar-refractivity contribution in [1.82, 2.24) is 5.32 Å². The zero-order valence-electron chi connectivity index (χ0n) is 14.1. The van der Waals surface area contributed by atoms with Gasteiger partial charge in [-0.05, 0) is 37.6 Å². The van der Waals surface area contributed by atoms with E-state index < -0.39 is 0 Å². The van der Waals surface area contributed by atoms with Gasteiger partial charge in [0.15, 0.2) is 0 Å². The van der Waals surface area contributed by atoms with Gasteiger partial charge in [0.05, 0.1) is 14.2 Å². The van der Waals surface area contributed by atoms with E-state index in [-0.39, 0.29) is 0 Å². The molecule has 1 unspecified atom stereocenters. The van der Waals surface area contributed by atoms with Crippen LogP contribution in [0.4, 0.5) is 0 Å². The highest BCUT2D eigenvalue weighted by atomic mass is 16.5. The molecule has 0 heterocycles. The normalized spacial score (nSPS) is 12.2. The van der Waals surface area contributed by atoms with Crippen molar-refractivity contribution < 1.29 is 9.47 Å². The van der Waals surface area contributed by atoms with Crippen LogP contribution in [0.3, 0.4) is 0 Å². The minimum Gasteiger partial charge on any atom is -0.497 e. The van der Waals surface area contributed by atoms with Crippen molar-refractivity contribution >= 4 is 0 Å². The van der Waals surface area contributed by atoms with Crippen molar-refractivity contribution in [3.8, 4) is 11.5 Å². The Kier molecular flexibility index (Phi) is 8.91. The van der Waals surface area contributed by atoms with Gasteiger partial charge >= 0.3 is 0 Å². The van der Waals surface area contributed by atoms with Crippen LogP contribution >= 0.6 is 0 Å². The van der Waals surface area contributed by atoms with E-state index in [1.807, 2.05) is 12.1 Å². The quantitative estimate of drug-likeness (QED) is 0.599. The minimum absolute atomic E-state index is 0.340. The first kappa shape index (κ1) is 17.8. The van der Waals surface area contributed by atoms with Gasteiger partial charge in [-0.25, -0.2) is 0 Å². The average molecular weight is 293 g/mol. The zero-order valence-corrected chi connectivity index (χ0v) is 14.1. The molecule has 1 aromatic carbocycles. The maximum absolute atomic E-state index is 5.54. The van der Waals surface area contributed by atoms with Crippen molar-refractivity contribution in [2.75, 3.05) is 20.8 Å². The van der Waals surface area contributed by atoms with Crippen LogP contribution in [-0.2, 0) is 0 Å². The Hall–Kier alpha value is -1.22. The van der Waals surface area contributed by atoms with Crippen LogP contribution < -0.4 is 14.8 Å². The molecule has 0 fully saturated rings. The lowest BCUT2D eigenvalue weighted by Crippen LogP contribution is -2.22. The minimum atomic E-state index is 0.340. The molecule has 0 radical (unpaired) electrons.